The van der Waals surface area contributed by atoms with E-state index in [0.717, 1.165) is 42.5 Å². The highest BCUT2D eigenvalue weighted by molar-refractivity contribution is 5.99. The van der Waals surface area contributed by atoms with Crippen LogP contribution in [-0.2, 0) is 6.54 Å². The smallest absolute Gasteiger partial charge is 0.228 e. The number of para-hydroxylation sites is 1. The Morgan fingerprint density at radius 2 is 1.93 bits per heavy atom. The summed E-state index contributed by atoms with van der Waals surface area (Å²) in [5.41, 5.74) is 4.50. The van der Waals surface area contributed by atoms with Crippen molar-refractivity contribution in [2.45, 2.75) is 65.5 Å². The van der Waals surface area contributed by atoms with Crippen molar-refractivity contribution >= 4 is 10.9 Å². The number of rotatable bonds is 7. The molecular formula is C24H33N3O2. The van der Waals surface area contributed by atoms with Gasteiger partial charge in [-0.25, -0.2) is 4.98 Å². The van der Waals surface area contributed by atoms with E-state index in [-0.39, 0.29) is 0 Å². The first-order valence-corrected chi connectivity index (χ1v) is 11.0. The van der Waals surface area contributed by atoms with Gasteiger partial charge < -0.3 is 13.7 Å². The fraction of sp³-hybridized carbons (Fsp3) is 0.542. The maximum Gasteiger partial charge on any atom is 0.228 e. The average molecular weight is 396 g/mol. The van der Waals surface area contributed by atoms with Crippen LogP contribution in [0.2, 0.25) is 0 Å². The van der Waals surface area contributed by atoms with E-state index in [2.05, 4.69) is 48.4 Å². The lowest BCUT2D eigenvalue weighted by Crippen LogP contribution is -2.22. The zero-order valence-electron chi connectivity index (χ0n) is 18.2. The Balaban J connectivity index is 1.83. The van der Waals surface area contributed by atoms with Crippen LogP contribution in [-0.4, -0.2) is 34.7 Å². The molecule has 2 aromatic heterocycles. The average Bonchev–Trinajstić information content (AvgIpc) is 3.33. The summed E-state index contributed by atoms with van der Waals surface area (Å²) in [4.78, 5) is 7.23. The van der Waals surface area contributed by atoms with Gasteiger partial charge in [-0.2, -0.15) is 0 Å². The van der Waals surface area contributed by atoms with Gasteiger partial charge in [0.15, 0.2) is 0 Å². The van der Waals surface area contributed by atoms with Crippen molar-refractivity contribution in [3.8, 4) is 17.2 Å². The molecule has 1 fully saturated rings. The van der Waals surface area contributed by atoms with Crippen molar-refractivity contribution < 1.29 is 9.15 Å². The van der Waals surface area contributed by atoms with Gasteiger partial charge in [-0.1, -0.05) is 45.2 Å². The second-order valence-corrected chi connectivity index (χ2v) is 8.08. The van der Waals surface area contributed by atoms with Crippen LogP contribution in [0.25, 0.3) is 22.4 Å². The molecule has 4 rings (SSSR count). The molecule has 156 valence electrons. The molecule has 1 aromatic carbocycles. The molecule has 5 nitrogen and oxygen atoms in total. The molecule has 0 bridgehead atoms. The van der Waals surface area contributed by atoms with Crippen LogP contribution in [0.5, 0.6) is 5.75 Å². The summed E-state index contributed by atoms with van der Waals surface area (Å²) in [6.07, 6.45) is 8.19. The Morgan fingerprint density at radius 1 is 1.17 bits per heavy atom. The summed E-state index contributed by atoms with van der Waals surface area (Å²) < 4.78 is 14.3. The summed E-state index contributed by atoms with van der Waals surface area (Å²) >= 11 is 0. The quantitative estimate of drug-likeness (QED) is 0.495. The van der Waals surface area contributed by atoms with Gasteiger partial charge in [0.2, 0.25) is 5.89 Å². The van der Waals surface area contributed by atoms with Gasteiger partial charge in [-0.15, -0.1) is 0 Å². The van der Waals surface area contributed by atoms with Crippen LogP contribution >= 0.6 is 0 Å². The largest absolute Gasteiger partial charge is 0.495 e. The number of ether oxygens (including phenoxy) is 1. The fourth-order valence-corrected chi connectivity index (χ4v) is 4.86. The van der Waals surface area contributed by atoms with Crippen molar-refractivity contribution in [2.24, 2.45) is 0 Å². The number of hydrogen-bond donors (Lipinski definition) is 0. The topological polar surface area (TPSA) is 43.4 Å². The van der Waals surface area contributed by atoms with Crippen LogP contribution in [0.3, 0.4) is 0 Å². The van der Waals surface area contributed by atoms with Gasteiger partial charge in [0, 0.05) is 23.7 Å². The van der Waals surface area contributed by atoms with Gasteiger partial charge in [0.05, 0.1) is 23.9 Å². The molecular weight excluding hydrogens is 362 g/mol. The highest BCUT2D eigenvalue weighted by atomic mass is 16.5. The van der Waals surface area contributed by atoms with Crippen molar-refractivity contribution in [1.82, 2.24) is 14.5 Å². The summed E-state index contributed by atoms with van der Waals surface area (Å²) in [6.45, 7) is 9.40. The van der Waals surface area contributed by atoms with Crippen molar-refractivity contribution in [3.63, 3.8) is 0 Å². The number of fused-ring (bicyclic) bond motifs is 1. The molecule has 0 unspecified atom stereocenters. The Morgan fingerprint density at radius 3 is 2.62 bits per heavy atom. The van der Waals surface area contributed by atoms with E-state index in [9.17, 15) is 0 Å². The maximum absolute atomic E-state index is 6.01. The fourth-order valence-electron chi connectivity index (χ4n) is 4.86. The molecule has 0 N–H and O–H groups in total. The standard InChI is InChI=1S/C24H33N3O2/c1-5-26(6-2)15-18-16-29-24(25-18)22-17(3)27(19-11-8-7-9-12-19)23-20(22)13-10-14-21(23)28-4/h10,13-14,16,19H,5-9,11-12,15H2,1-4H3. The monoisotopic (exact) mass is 395 g/mol. The second kappa shape index (κ2) is 8.62. The normalized spacial score (nSPS) is 15.5. The van der Waals surface area contributed by atoms with E-state index in [1.54, 1.807) is 7.11 Å². The van der Waals surface area contributed by atoms with E-state index in [0.29, 0.717) is 6.04 Å². The molecule has 2 heterocycles. The van der Waals surface area contributed by atoms with Gasteiger partial charge >= 0.3 is 0 Å². The lowest BCUT2D eigenvalue weighted by atomic mass is 9.95. The van der Waals surface area contributed by atoms with Crippen LogP contribution in [0, 0.1) is 6.92 Å². The number of oxazole rings is 1. The van der Waals surface area contributed by atoms with Crippen LogP contribution in [0.1, 0.15) is 63.4 Å². The minimum Gasteiger partial charge on any atom is -0.495 e. The van der Waals surface area contributed by atoms with Crippen molar-refractivity contribution in [3.05, 3.63) is 35.9 Å². The van der Waals surface area contributed by atoms with E-state index < -0.39 is 0 Å². The Hall–Kier alpha value is -2.27. The first kappa shape index (κ1) is 20.0. The molecule has 0 saturated heterocycles. The van der Waals surface area contributed by atoms with Crippen LogP contribution < -0.4 is 4.74 Å². The third-order valence-electron chi connectivity index (χ3n) is 6.44. The molecule has 0 amide bonds. The van der Waals surface area contributed by atoms with Gasteiger partial charge in [-0.05, 0) is 38.9 Å². The highest BCUT2D eigenvalue weighted by Gasteiger charge is 2.27. The van der Waals surface area contributed by atoms with Gasteiger partial charge in [0.25, 0.3) is 0 Å². The minimum absolute atomic E-state index is 0.515. The Kier molecular flexibility index (Phi) is 5.95. The zero-order valence-corrected chi connectivity index (χ0v) is 18.2. The molecule has 1 aliphatic carbocycles. The Labute approximate surface area is 173 Å². The third kappa shape index (κ3) is 3.68. The predicted octanol–water partition coefficient (Wildman–Crippen LogP) is 5.96. The van der Waals surface area contributed by atoms with Crippen molar-refractivity contribution in [1.29, 1.82) is 0 Å². The molecule has 5 heteroatoms. The minimum atomic E-state index is 0.515. The van der Waals surface area contributed by atoms with Crippen LogP contribution in [0.15, 0.2) is 28.9 Å². The van der Waals surface area contributed by atoms with E-state index >= 15 is 0 Å². The maximum atomic E-state index is 6.01. The third-order valence-corrected chi connectivity index (χ3v) is 6.44. The summed E-state index contributed by atoms with van der Waals surface area (Å²) in [5.74, 6) is 1.65. The van der Waals surface area contributed by atoms with E-state index in [1.165, 1.54) is 48.7 Å². The molecule has 1 saturated carbocycles. The first-order valence-electron chi connectivity index (χ1n) is 11.0. The van der Waals surface area contributed by atoms with Gasteiger partial charge in [0.1, 0.15) is 12.0 Å². The van der Waals surface area contributed by atoms with Gasteiger partial charge in [-0.3, -0.25) is 4.90 Å². The molecule has 1 aliphatic rings. The van der Waals surface area contributed by atoms with E-state index in [4.69, 9.17) is 14.1 Å². The van der Waals surface area contributed by atoms with E-state index in [1.807, 2.05) is 6.26 Å². The SMILES string of the molecule is CCN(CC)Cc1coc(-c2c(C)n(C3CCCCC3)c3c(OC)cccc23)n1. The number of benzene rings is 1. The highest BCUT2D eigenvalue weighted by Crippen LogP contribution is 2.43. The summed E-state index contributed by atoms with van der Waals surface area (Å²) in [5, 5.41) is 1.17. The Bertz CT molecular complexity index is 962. The number of aromatic nitrogens is 2. The lowest BCUT2D eigenvalue weighted by Gasteiger charge is -2.26. The zero-order chi connectivity index (χ0) is 20.4. The van der Waals surface area contributed by atoms with Crippen LogP contribution in [0.4, 0.5) is 0 Å². The number of hydrogen-bond acceptors (Lipinski definition) is 4. The number of methoxy groups -OCH3 is 1. The molecule has 29 heavy (non-hydrogen) atoms. The first-order chi connectivity index (χ1) is 14.2. The molecule has 0 atom stereocenters. The molecule has 0 spiro atoms. The second-order valence-electron chi connectivity index (χ2n) is 8.08. The number of nitrogens with zero attached hydrogens (tertiary/aromatic N) is 3. The molecule has 3 aromatic rings. The lowest BCUT2D eigenvalue weighted by molar-refractivity contribution is 0.292. The molecule has 0 radical (unpaired) electrons. The molecule has 0 aliphatic heterocycles. The predicted molar refractivity (Wildman–Crippen MR) is 117 cm³/mol. The summed E-state index contributed by atoms with van der Waals surface area (Å²) in [6, 6.07) is 6.82. The summed E-state index contributed by atoms with van der Waals surface area (Å²) in [7, 11) is 1.76. The van der Waals surface area contributed by atoms with Crippen molar-refractivity contribution in [2.75, 3.05) is 20.2 Å².